The zero-order chi connectivity index (χ0) is 11.1. The lowest BCUT2D eigenvalue weighted by Crippen LogP contribution is -1.82. The van der Waals surface area contributed by atoms with Gasteiger partial charge < -0.3 is 10.1 Å². The number of pyridine rings is 1. The molecule has 0 aliphatic heterocycles. The number of nitrogens with one attached hydrogen (secondary N) is 1. The Morgan fingerprint density at radius 3 is 2.94 bits per heavy atom. The molecule has 2 aromatic heterocycles. The summed E-state index contributed by atoms with van der Waals surface area (Å²) in [6.45, 7) is 0. The number of rotatable bonds is 0. The third-order valence-electron chi connectivity index (χ3n) is 2.64. The third-order valence-corrected chi connectivity index (χ3v) is 2.64. The van der Waals surface area contributed by atoms with E-state index >= 15 is 0 Å². The van der Waals surface area contributed by atoms with Crippen LogP contribution in [0.4, 0.5) is 0 Å². The minimum atomic E-state index is -0.0496. The number of hydrogen-bond acceptors (Lipinski definition) is 3. The number of para-hydroxylation sites is 1. The van der Waals surface area contributed by atoms with Crippen molar-refractivity contribution in [2.45, 2.75) is 0 Å². The number of benzene rings is 1. The Morgan fingerprint density at radius 2 is 2.12 bits per heavy atom. The number of H-pyrrole nitrogens is 1. The molecule has 2 heterocycles. The number of aromatic nitrogens is 2. The summed E-state index contributed by atoms with van der Waals surface area (Å²) in [5, 5.41) is 20.2. The van der Waals surface area contributed by atoms with Crippen molar-refractivity contribution in [1.29, 1.82) is 5.26 Å². The molecular formula is C12H7N3O. The molecule has 0 aliphatic rings. The molecule has 0 bridgehead atoms. The fourth-order valence-corrected chi connectivity index (χ4v) is 1.92. The molecule has 3 rings (SSSR count). The van der Waals surface area contributed by atoms with Gasteiger partial charge in [-0.25, -0.2) is 4.98 Å². The van der Waals surface area contributed by atoms with Crippen molar-refractivity contribution in [3.63, 3.8) is 0 Å². The van der Waals surface area contributed by atoms with Crippen LogP contribution in [0.25, 0.3) is 21.8 Å². The van der Waals surface area contributed by atoms with Gasteiger partial charge in [0.2, 0.25) is 5.88 Å². The van der Waals surface area contributed by atoms with Crippen molar-refractivity contribution in [3.05, 3.63) is 36.0 Å². The zero-order valence-corrected chi connectivity index (χ0v) is 8.23. The lowest BCUT2D eigenvalue weighted by molar-refractivity contribution is 0.461. The van der Waals surface area contributed by atoms with Crippen LogP contribution in [-0.4, -0.2) is 15.1 Å². The van der Waals surface area contributed by atoms with Crippen LogP contribution in [0.15, 0.2) is 30.5 Å². The van der Waals surface area contributed by atoms with Crippen molar-refractivity contribution in [2.24, 2.45) is 0 Å². The molecule has 0 radical (unpaired) electrons. The maximum absolute atomic E-state index is 9.74. The van der Waals surface area contributed by atoms with E-state index in [0.29, 0.717) is 16.5 Å². The first-order valence-corrected chi connectivity index (χ1v) is 4.80. The Balaban J connectivity index is 2.64. The highest BCUT2D eigenvalue weighted by Gasteiger charge is 2.12. The van der Waals surface area contributed by atoms with Crippen LogP contribution >= 0.6 is 0 Å². The van der Waals surface area contributed by atoms with Crippen molar-refractivity contribution in [1.82, 2.24) is 9.97 Å². The minimum absolute atomic E-state index is 0.0496. The molecule has 16 heavy (non-hydrogen) atoms. The van der Waals surface area contributed by atoms with Gasteiger partial charge in [-0.15, -0.1) is 0 Å². The average Bonchev–Trinajstić information content (AvgIpc) is 2.69. The second-order valence-electron chi connectivity index (χ2n) is 3.53. The summed E-state index contributed by atoms with van der Waals surface area (Å²) >= 11 is 0. The maximum atomic E-state index is 9.74. The molecule has 76 valence electrons. The summed E-state index contributed by atoms with van der Waals surface area (Å²) in [6, 6.07) is 9.62. The number of aromatic amines is 1. The largest absolute Gasteiger partial charge is 0.493 e. The van der Waals surface area contributed by atoms with Gasteiger partial charge in [0.1, 0.15) is 6.07 Å². The van der Waals surface area contributed by atoms with Gasteiger partial charge in [-0.05, 0) is 6.07 Å². The number of aromatic hydroxyl groups is 1. The zero-order valence-electron chi connectivity index (χ0n) is 8.23. The Labute approximate surface area is 90.8 Å². The summed E-state index contributed by atoms with van der Waals surface area (Å²) in [5.41, 5.74) is 1.96. The first-order chi connectivity index (χ1) is 7.81. The first-order valence-electron chi connectivity index (χ1n) is 4.80. The van der Waals surface area contributed by atoms with Gasteiger partial charge in [0.05, 0.1) is 22.7 Å². The lowest BCUT2D eigenvalue weighted by Gasteiger charge is -1.95. The van der Waals surface area contributed by atoms with Crippen LogP contribution in [0.3, 0.4) is 0 Å². The van der Waals surface area contributed by atoms with Crippen molar-refractivity contribution in [3.8, 4) is 11.9 Å². The Kier molecular flexibility index (Phi) is 1.62. The monoisotopic (exact) mass is 209 g/mol. The molecule has 0 unspecified atom stereocenters. The SMILES string of the molecule is N#Cc1cnc(O)c2c1[nH]c1ccccc12. The number of nitriles is 1. The molecule has 0 atom stereocenters. The van der Waals surface area contributed by atoms with Gasteiger partial charge in [-0.3, -0.25) is 0 Å². The lowest BCUT2D eigenvalue weighted by atomic mass is 10.1. The first kappa shape index (κ1) is 8.74. The van der Waals surface area contributed by atoms with Crippen molar-refractivity contribution >= 4 is 21.8 Å². The molecule has 0 saturated heterocycles. The Morgan fingerprint density at radius 1 is 1.31 bits per heavy atom. The molecule has 4 nitrogen and oxygen atoms in total. The van der Waals surface area contributed by atoms with Crippen LogP contribution in [0, 0.1) is 11.3 Å². The molecule has 0 aliphatic carbocycles. The summed E-state index contributed by atoms with van der Waals surface area (Å²) in [7, 11) is 0. The summed E-state index contributed by atoms with van der Waals surface area (Å²) in [4.78, 5) is 6.93. The summed E-state index contributed by atoms with van der Waals surface area (Å²) in [6.07, 6.45) is 1.37. The highest BCUT2D eigenvalue weighted by atomic mass is 16.3. The predicted octanol–water partition coefficient (Wildman–Crippen LogP) is 2.29. The van der Waals surface area contributed by atoms with Gasteiger partial charge in [0.15, 0.2) is 0 Å². The van der Waals surface area contributed by atoms with E-state index in [9.17, 15) is 5.11 Å². The van der Waals surface area contributed by atoms with Gasteiger partial charge in [-0.2, -0.15) is 5.26 Å². The van der Waals surface area contributed by atoms with E-state index in [1.807, 2.05) is 24.3 Å². The molecule has 0 saturated carbocycles. The highest BCUT2D eigenvalue weighted by molar-refractivity contribution is 6.11. The van der Waals surface area contributed by atoms with E-state index in [1.165, 1.54) is 6.20 Å². The molecule has 2 N–H and O–H groups in total. The Bertz CT molecular complexity index is 737. The molecule has 3 aromatic rings. The van der Waals surface area contributed by atoms with E-state index < -0.39 is 0 Å². The van der Waals surface area contributed by atoms with Crippen LogP contribution in [0.5, 0.6) is 5.88 Å². The van der Waals surface area contributed by atoms with Crippen molar-refractivity contribution in [2.75, 3.05) is 0 Å². The fraction of sp³-hybridized carbons (Fsp3) is 0. The van der Waals surface area contributed by atoms with Crippen molar-refractivity contribution < 1.29 is 5.11 Å². The van der Waals surface area contributed by atoms with Gasteiger partial charge in [0, 0.05) is 10.9 Å². The topological polar surface area (TPSA) is 72.7 Å². The molecule has 0 fully saturated rings. The Hall–Kier alpha value is -2.54. The molecule has 0 amide bonds. The quantitative estimate of drug-likeness (QED) is 0.596. The second-order valence-corrected chi connectivity index (χ2v) is 3.53. The summed E-state index contributed by atoms with van der Waals surface area (Å²) in [5.74, 6) is -0.0496. The van der Waals surface area contributed by atoms with Crippen LogP contribution in [-0.2, 0) is 0 Å². The number of fused-ring (bicyclic) bond motifs is 3. The van der Waals surface area contributed by atoms with Gasteiger partial charge >= 0.3 is 0 Å². The van der Waals surface area contributed by atoms with E-state index in [4.69, 9.17) is 5.26 Å². The van der Waals surface area contributed by atoms with E-state index in [-0.39, 0.29) is 5.88 Å². The van der Waals surface area contributed by atoms with Crippen LogP contribution in [0.1, 0.15) is 5.56 Å². The maximum Gasteiger partial charge on any atom is 0.221 e. The molecule has 0 spiro atoms. The predicted molar refractivity (Wildman–Crippen MR) is 60.0 cm³/mol. The fourth-order valence-electron chi connectivity index (χ4n) is 1.92. The average molecular weight is 209 g/mol. The number of hydrogen-bond donors (Lipinski definition) is 2. The molecule has 1 aromatic carbocycles. The smallest absolute Gasteiger partial charge is 0.221 e. The van der Waals surface area contributed by atoms with Crippen LogP contribution in [0.2, 0.25) is 0 Å². The van der Waals surface area contributed by atoms with E-state index in [2.05, 4.69) is 16.0 Å². The van der Waals surface area contributed by atoms with E-state index in [1.54, 1.807) is 0 Å². The highest BCUT2D eigenvalue weighted by Crippen LogP contribution is 2.32. The third kappa shape index (κ3) is 0.997. The molecular weight excluding hydrogens is 202 g/mol. The second kappa shape index (κ2) is 2.97. The van der Waals surface area contributed by atoms with Gasteiger partial charge in [-0.1, -0.05) is 18.2 Å². The normalized spacial score (nSPS) is 10.7. The number of nitrogens with zero attached hydrogens (tertiary/aromatic N) is 2. The molecule has 4 heteroatoms. The van der Waals surface area contributed by atoms with Crippen LogP contribution < -0.4 is 0 Å². The van der Waals surface area contributed by atoms with Gasteiger partial charge in [0.25, 0.3) is 0 Å². The minimum Gasteiger partial charge on any atom is -0.493 e. The summed E-state index contributed by atoms with van der Waals surface area (Å²) < 4.78 is 0. The van der Waals surface area contributed by atoms with E-state index in [0.717, 1.165) is 10.9 Å². The standard InChI is InChI=1S/C12H7N3O/c13-5-7-6-14-12(16)10-8-3-1-2-4-9(8)15-11(7)10/h1-4,6,15H,(H,14,16).